The lowest BCUT2D eigenvalue weighted by Crippen LogP contribution is -2.38. The van der Waals surface area contributed by atoms with Crippen molar-refractivity contribution in [2.45, 2.75) is 26.5 Å². The molecule has 0 saturated carbocycles. The number of aromatic nitrogens is 3. The zero-order valence-electron chi connectivity index (χ0n) is 12.2. The smallest absolute Gasteiger partial charge is 0.139 e. The van der Waals surface area contributed by atoms with E-state index in [4.69, 9.17) is 4.74 Å². The molecule has 1 aliphatic heterocycles. The van der Waals surface area contributed by atoms with Gasteiger partial charge >= 0.3 is 0 Å². The van der Waals surface area contributed by atoms with Crippen LogP contribution in [0.5, 0.6) is 0 Å². The second kappa shape index (κ2) is 5.63. The van der Waals surface area contributed by atoms with Gasteiger partial charge in [0.05, 0.1) is 23.0 Å². The topological polar surface area (TPSA) is 43.2 Å². The molecule has 1 atom stereocenters. The standard InChI is InChI=1S/C14H20N4OS/c1-10-6-17(3)14(15-10)13-8-18(4-5-19-13)7-12-9-20-11(2)16-12/h6,9,13H,4-5,7-8H2,1-3H3/t13-/m1/s1. The van der Waals surface area contributed by atoms with Crippen LogP contribution in [0.2, 0.25) is 0 Å². The first kappa shape index (κ1) is 13.7. The second-order valence-electron chi connectivity index (χ2n) is 5.30. The number of thiazole rings is 1. The molecule has 1 aliphatic rings. The summed E-state index contributed by atoms with van der Waals surface area (Å²) in [6.45, 7) is 7.54. The van der Waals surface area contributed by atoms with E-state index in [9.17, 15) is 0 Å². The average molecular weight is 292 g/mol. The highest BCUT2D eigenvalue weighted by Crippen LogP contribution is 2.22. The van der Waals surface area contributed by atoms with E-state index in [0.29, 0.717) is 0 Å². The molecule has 6 heteroatoms. The van der Waals surface area contributed by atoms with Crippen molar-refractivity contribution in [2.24, 2.45) is 7.05 Å². The van der Waals surface area contributed by atoms with Crippen molar-refractivity contribution in [1.82, 2.24) is 19.4 Å². The molecule has 20 heavy (non-hydrogen) atoms. The van der Waals surface area contributed by atoms with Crippen LogP contribution in [0.1, 0.15) is 28.3 Å². The summed E-state index contributed by atoms with van der Waals surface area (Å²) >= 11 is 1.71. The van der Waals surface area contributed by atoms with E-state index < -0.39 is 0 Å². The van der Waals surface area contributed by atoms with Gasteiger partial charge < -0.3 is 9.30 Å². The molecule has 0 bridgehead atoms. The summed E-state index contributed by atoms with van der Waals surface area (Å²) in [4.78, 5) is 11.5. The van der Waals surface area contributed by atoms with E-state index in [1.807, 2.05) is 27.1 Å². The summed E-state index contributed by atoms with van der Waals surface area (Å²) in [5.74, 6) is 1.02. The van der Waals surface area contributed by atoms with Gasteiger partial charge in [-0.15, -0.1) is 11.3 Å². The fraction of sp³-hybridized carbons (Fsp3) is 0.571. The summed E-state index contributed by atoms with van der Waals surface area (Å²) in [7, 11) is 2.03. The van der Waals surface area contributed by atoms with Gasteiger partial charge in [-0.2, -0.15) is 0 Å². The zero-order chi connectivity index (χ0) is 14.1. The minimum atomic E-state index is 0.0576. The Morgan fingerprint density at radius 1 is 1.40 bits per heavy atom. The monoisotopic (exact) mass is 292 g/mol. The molecule has 0 spiro atoms. The van der Waals surface area contributed by atoms with Crippen molar-refractivity contribution in [3.8, 4) is 0 Å². The molecule has 2 aromatic heterocycles. The van der Waals surface area contributed by atoms with Crippen LogP contribution in [-0.2, 0) is 18.3 Å². The van der Waals surface area contributed by atoms with E-state index in [1.54, 1.807) is 11.3 Å². The highest BCUT2D eigenvalue weighted by molar-refractivity contribution is 7.09. The number of hydrogen-bond donors (Lipinski definition) is 0. The maximum absolute atomic E-state index is 5.89. The summed E-state index contributed by atoms with van der Waals surface area (Å²) < 4.78 is 7.95. The Kier molecular flexibility index (Phi) is 3.87. The largest absolute Gasteiger partial charge is 0.368 e. The number of imidazole rings is 1. The lowest BCUT2D eigenvalue weighted by molar-refractivity contribution is -0.0387. The lowest BCUT2D eigenvalue weighted by Gasteiger charge is -2.32. The van der Waals surface area contributed by atoms with Crippen molar-refractivity contribution in [3.63, 3.8) is 0 Å². The number of rotatable bonds is 3. The summed E-state index contributed by atoms with van der Waals surface area (Å²) in [5, 5.41) is 3.27. The number of hydrogen-bond acceptors (Lipinski definition) is 5. The maximum atomic E-state index is 5.89. The molecule has 0 radical (unpaired) electrons. The Morgan fingerprint density at radius 3 is 2.90 bits per heavy atom. The molecule has 2 aromatic rings. The molecular formula is C14H20N4OS. The Labute approximate surface area is 123 Å². The molecule has 108 valence electrons. The second-order valence-corrected chi connectivity index (χ2v) is 6.37. The van der Waals surface area contributed by atoms with E-state index in [2.05, 4.69) is 24.8 Å². The van der Waals surface area contributed by atoms with Crippen LogP contribution in [0, 0.1) is 13.8 Å². The predicted octanol–water partition coefficient (Wildman–Crippen LogP) is 2.07. The zero-order valence-corrected chi connectivity index (χ0v) is 13.0. The predicted molar refractivity (Wildman–Crippen MR) is 78.8 cm³/mol. The van der Waals surface area contributed by atoms with Gasteiger partial charge in [0.1, 0.15) is 11.9 Å². The third-order valence-electron chi connectivity index (χ3n) is 3.52. The Bertz CT molecular complexity index is 592. The Hall–Kier alpha value is -1.24. The quantitative estimate of drug-likeness (QED) is 0.868. The highest BCUT2D eigenvalue weighted by Gasteiger charge is 2.25. The SMILES string of the molecule is Cc1cn(C)c([C@H]2CN(Cc3csc(C)n3)CCO2)n1. The molecule has 1 saturated heterocycles. The van der Waals surface area contributed by atoms with Gasteiger partial charge in [0.15, 0.2) is 0 Å². The van der Waals surface area contributed by atoms with E-state index in [0.717, 1.165) is 48.5 Å². The van der Waals surface area contributed by atoms with Crippen molar-refractivity contribution >= 4 is 11.3 Å². The maximum Gasteiger partial charge on any atom is 0.139 e. The molecule has 5 nitrogen and oxygen atoms in total. The number of aryl methyl sites for hydroxylation is 3. The molecular weight excluding hydrogens is 272 g/mol. The van der Waals surface area contributed by atoms with Crippen LogP contribution in [0.3, 0.4) is 0 Å². The molecule has 0 unspecified atom stereocenters. The Balaban J connectivity index is 1.68. The minimum absolute atomic E-state index is 0.0576. The van der Waals surface area contributed by atoms with E-state index in [-0.39, 0.29) is 6.10 Å². The summed E-state index contributed by atoms with van der Waals surface area (Å²) in [6, 6.07) is 0. The van der Waals surface area contributed by atoms with E-state index >= 15 is 0 Å². The fourth-order valence-corrected chi connectivity index (χ4v) is 3.25. The summed E-state index contributed by atoms with van der Waals surface area (Å²) in [6.07, 6.45) is 2.10. The first-order chi connectivity index (χ1) is 9.61. The van der Waals surface area contributed by atoms with Gasteiger partial charge in [-0.3, -0.25) is 4.90 Å². The Morgan fingerprint density at radius 2 is 2.25 bits per heavy atom. The average Bonchev–Trinajstić information content (AvgIpc) is 2.96. The molecule has 0 amide bonds. The van der Waals surface area contributed by atoms with Gasteiger partial charge in [-0.1, -0.05) is 0 Å². The van der Waals surface area contributed by atoms with Crippen molar-refractivity contribution in [3.05, 3.63) is 33.8 Å². The van der Waals surface area contributed by atoms with Gasteiger partial charge in [0.2, 0.25) is 0 Å². The van der Waals surface area contributed by atoms with Crippen molar-refractivity contribution in [2.75, 3.05) is 19.7 Å². The molecule has 3 heterocycles. The molecule has 3 rings (SSSR count). The van der Waals surface area contributed by atoms with Crippen molar-refractivity contribution < 1.29 is 4.74 Å². The fourth-order valence-electron chi connectivity index (χ4n) is 2.65. The summed E-state index contributed by atoms with van der Waals surface area (Å²) in [5.41, 5.74) is 2.20. The third-order valence-corrected chi connectivity index (χ3v) is 4.35. The minimum Gasteiger partial charge on any atom is -0.368 e. The number of ether oxygens (including phenoxy) is 1. The normalized spacial score (nSPS) is 20.4. The number of morpholine rings is 1. The lowest BCUT2D eigenvalue weighted by atomic mass is 10.2. The first-order valence-corrected chi connectivity index (χ1v) is 7.74. The van der Waals surface area contributed by atoms with Crippen LogP contribution in [-0.4, -0.2) is 39.1 Å². The first-order valence-electron chi connectivity index (χ1n) is 6.86. The van der Waals surface area contributed by atoms with Crippen LogP contribution in [0.15, 0.2) is 11.6 Å². The van der Waals surface area contributed by atoms with Crippen LogP contribution in [0.4, 0.5) is 0 Å². The highest BCUT2D eigenvalue weighted by atomic mass is 32.1. The molecule has 0 aliphatic carbocycles. The van der Waals surface area contributed by atoms with E-state index in [1.165, 1.54) is 0 Å². The third kappa shape index (κ3) is 2.92. The van der Waals surface area contributed by atoms with Crippen molar-refractivity contribution in [1.29, 1.82) is 0 Å². The molecule has 0 aromatic carbocycles. The van der Waals surface area contributed by atoms with Crippen LogP contribution >= 0.6 is 11.3 Å². The van der Waals surface area contributed by atoms with Crippen LogP contribution < -0.4 is 0 Å². The number of nitrogens with zero attached hydrogens (tertiary/aromatic N) is 4. The van der Waals surface area contributed by atoms with Gasteiger partial charge in [0.25, 0.3) is 0 Å². The van der Waals surface area contributed by atoms with Gasteiger partial charge in [0, 0.05) is 38.3 Å². The molecule has 0 N–H and O–H groups in total. The van der Waals surface area contributed by atoms with Gasteiger partial charge in [-0.25, -0.2) is 9.97 Å². The van der Waals surface area contributed by atoms with Crippen LogP contribution in [0.25, 0.3) is 0 Å². The molecule has 1 fully saturated rings. The van der Waals surface area contributed by atoms with Gasteiger partial charge in [-0.05, 0) is 13.8 Å².